The Kier molecular flexibility index (Phi) is 5.97. The predicted molar refractivity (Wildman–Crippen MR) is 103 cm³/mol. The molecule has 2 fully saturated rings. The Morgan fingerprint density at radius 2 is 2.12 bits per heavy atom. The number of likely N-dealkylation sites (tertiary alicyclic amines) is 1. The van der Waals surface area contributed by atoms with Crippen molar-refractivity contribution in [3.63, 3.8) is 0 Å². The Balaban J connectivity index is 1.56. The highest BCUT2D eigenvalue weighted by atomic mass is 16.5. The lowest BCUT2D eigenvalue weighted by Gasteiger charge is -2.29. The Labute approximate surface area is 152 Å². The second kappa shape index (κ2) is 8.19. The van der Waals surface area contributed by atoms with Gasteiger partial charge in [0.15, 0.2) is 5.96 Å². The lowest BCUT2D eigenvalue weighted by molar-refractivity contribution is 0.156. The highest BCUT2D eigenvalue weighted by Crippen LogP contribution is 2.38. The van der Waals surface area contributed by atoms with E-state index in [0.29, 0.717) is 11.5 Å². The van der Waals surface area contributed by atoms with Crippen LogP contribution in [0.25, 0.3) is 0 Å². The van der Waals surface area contributed by atoms with Gasteiger partial charge in [-0.3, -0.25) is 4.99 Å². The molecule has 2 unspecified atom stereocenters. The monoisotopic (exact) mass is 344 g/mol. The van der Waals surface area contributed by atoms with Gasteiger partial charge in [0.1, 0.15) is 0 Å². The van der Waals surface area contributed by atoms with Crippen LogP contribution in [0.2, 0.25) is 0 Å². The first-order chi connectivity index (χ1) is 12.1. The molecule has 5 nitrogen and oxygen atoms in total. The molecule has 0 aromatic heterocycles. The van der Waals surface area contributed by atoms with E-state index < -0.39 is 0 Å². The van der Waals surface area contributed by atoms with Crippen LogP contribution in [0, 0.1) is 5.41 Å². The van der Waals surface area contributed by atoms with Crippen molar-refractivity contribution in [3.05, 3.63) is 35.9 Å². The second-order valence-electron chi connectivity index (χ2n) is 7.71. The van der Waals surface area contributed by atoms with Gasteiger partial charge in [0.05, 0.1) is 6.61 Å². The van der Waals surface area contributed by atoms with E-state index >= 15 is 0 Å². The minimum atomic E-state index is 0.364. The van der Waals surface area contributed by atoms with Crippen LogP contribution < -0.4 is 5.32 Å². The van der Waals surface area contributed by atoms with Crippen molar-refractivity contribution in [3.8, 4) is 0 Å². The molecule has 0 radical (unpaired) electrons. The molecule has 2 aliphatic heterocycles. The minimum Gasteiger partial charge on any atom is -0.381 e. The SMILES string of the molecule is CN=C(NCC(Cc1ccccc1)N(C)C)N1CCC2(CCOC2)C1. The molecule has 3 rings (SSSR count). The maximum Gasteiger partial charge on any atom is 0.193 e. The molecule has 1 aromatic rings. The molecule has 25 heavy (non-hydrogen) atoms. The molecule has 2 saturated heterocycles. The third kappa shape index (κ3) is 4.53. The average Bonchev–Trinajstić information content (AvgIpc) is 3.25. The van der Waals surface area contributed by atoms with Crippen LogP contribution in [-0.4, -0.2) is 75.8 Å². The van der Waals surface area contributed by atoms with E-state index in [9.17, 15) is 0 Å². The summed E-state index contributed by atoms with van der Waals surface area (Å²) in [5, 5.41) is 3.61. The summed E-state index contributed by atoms with van der Waals surface area (Å²) >= 11 is 0. The largest absolute Gasteiger partial charge is 0.381 e. The summed E-state index contributed by atoms with van der Waals surface area (Å²) in [6.45, 7) is 4.87. The minimum absolute atomic E-state index is 0.364. The Hall–Kier alpha value is -1.59. The van der Waals surface area contributed by atoms with Crippen molar-refractivity contribution in [2.45, 2.75) is 25.3 Å². The van der Waals surface area contributed by atoms with Crippen LogP contribution in [0.4, 0.5) is 0 Å². The molecular formula is C20H32N4O. The van der Waals surface area contributed by atoms with E-state index in [1.54, 1.807) is 0 Å². The van der Waals surface area contributed by atoms with E-state index in [2.05, 4.69) is 64.5 Å². The Bertz CT molecular complexity index is 566. The summed E-state index contributed by atoms with van der Waals surface area (Å²) in [5.74, 6) is 1.03. The van der Waals surface area contributed by atoms with Gasteiger partial charge in [-0.2, -0.15) is 0 Å². The zero-order chi connectivity index (χ0) is 17.7. The third-order valence-electron chi connectivity index (χ3n) is 5.67. The molecule has 2 atom stereocenters. The van der Waals surface area contributed by atoms with Gasteiger partial charge in [-0.1, -0.05) is 30.3 Å². The van der Waals surface area contributed by atoms with E-state index in [-0.39, 0.29) is 0 Å². The van der Waals surface area contributed by atoms with Crippen molar-refractivity contribution < 1.29 is 4.74 Å². The molecule has 0 aliphatic carbocycles. The van der Waals surface area contributed by atoms with E-state index in [1.165, 1.54) is 18.4 Å². The number of guanidine groups is 1. The smallest absolute Gasteiger partial charge is 0.193 e. The summed E-state index contributed by atoms with van der Waals surface area (Å²) in [6, 6.07) is 11.1. The van der Waals surface area contributed by atoms with E-state index in [1.807, 2.05) is 7.05 Å². The quantitative estimate of drug-likeness (QED) is 0.654. The van der Waals surface area contributed by atoms with Gasteiger partial charge in [-0.25, -0.2) is 0 Å². The zero-order valence-corrected chi connectivity index (χ0v) is 15.9. The van der Waals surface area contributed by atoms with Crippen LogP contribution in [0.5, 0.6) is 0 Å². The maximum absolute atomic E-state index is 5.65. The van der Waals surface area contributed by atoms with E-state index in [4.69, 9.17) is 4.74 Å². The van der Waals surface area contributed by atoms with Crippen LogP contribution in [0.15, 0.2) is 35.3 Å². The van der Waals surface area contributed by atoms with Crippen LogP contribution in [-0.2, 0) is 11.2 Å². The topological polar surface area (TPSA) is 40.1 Å². The molecule has 0 amide bonds. The first kappa shape index (κ1) is 18.2. The normalized spacial score (nSPS) is 25.1. The number of benzene rings is 1. The molecule has 0 bridgehead atoms. The van der Waals surface area contributed by atoms with Crippen LogP contribution in [0.1, 0.15) is 18.4 Å². The summed E-state index contributed by atoms with van der Waals surface area (Å²) in [4.78, 5) is 9.24. The molecule has 0 saturated carbocycles. The van der Waals surface area contributed by atoms with Crippen molar-refractivity contribution in [1.29, 1.82) is 0 Å². The third-order valence-corrected chi connectivity index (χ3v) is 5.67. The van der Waals surface area contributed by atoms with Crippen molar-refractivity contribution in [2.75, 3.05) is 54.0 Å². The first-order valence-electron chi connectivity index (χ1n) is 9.36. The molecule has 1 N–H and O–H groups in total. The van der Waals surface area contributed by atoms with E-state index in [0.717, 1.165) is 45.2 Å². The number of aliphatic imine (C=N–C) groups is 1. The fourth-order valence-corrected chi connectivity index (χ4v) is 3.95. The van der Waals surface area contributed by atoms with Gasteiger partial charge < -0.3 is 19.9 Å². The summed E-state index contributed by atoms with van der Waals surface area (Å²) < 4.78 is 5.65. The molecule has 1 spiro atoms. The van der Waals surface area contributed by atoms with Gasteiger partial charge in [0.25, 0.3) is 0 Å². The number of nitrogens with zero attached hydrogens (tertiary/aromatic N) is 3. The van der Waals surface area contributed by atoms with Gasteiger partial charge in [-0.15, -0.1) is 0 Å². The zero-order valence-electron chi connectivity index (χ0n) is 15.9. The van der Waals surface area contributed by atoms with Gasteiger partial charge >= 0.3 is 0 Å². The number of hydrogen-bond donors (Lipinski definition) is 1. The lowest BCUT2D eigenvalue weighted by Crippen LogP contribution is -2.47. The Morgan fingerprint density at radius 3 is 2.76 bits per heavy atom. The molecule has 1 aromatic carbocycles. The van der Waals surface area contributed by atoms with Crippen molar-refractivity contribution in [2.24, 2.45) is 10.4 Å². The number of hydrogen-bond acceptors (Lipinski definition) is 3. The fraction of sp³-hybridized carbons (Fsp3) is 0.650. The molecule has 138 valence electrons. The number of ether oxygens (including phenoxy) is 1. The van der Waals surface area contributed by atoms with Gasteiger partial charge in [0.2, 0.25) is 0 Å². The Morgan fingerprint density at radius 1 is 1.32 bits per heavy atom. The van der Waals surface area contributed by atoms with Crippen molar-refractivity contribution in [1.82, 2.24) is 15.1 Å². The standard InChI is InChI=1S/C20H32N4O/c1-21-19(24-11-9-20(15-24)10-12-25-16-20)22-14-18(23(2)3)13-17-7-5-4-6-8-17/h4-8,18H,9-16H2,1-3H3,(H,21,22). The first-order valence-corrected chi connectivity index (χ1v) is 9.36. The highest BCUT2D eigenvalue weighted by Gasteiger charge is 2.42. The van der Waals surface area contributed by atoms with Crippen LogP contribution >= 0.6 is 0 Å². The number of likely N-dealkylation sites (N-methyl/N-ethyl adjacent to an activating group) is 1. The van der Waals surface area contributed by atoms with Crippen LogP contribution in [0.3, 0.4) is 0 Å². The summed E-state index contributed by atoms with van der Waals surface area (Å²) in [7, 11) is 6.19. The predicted octanol–water partition coefficient (Wildman–Crippen LogP) is 1.85. The second-order valence-corrected chi connectivity index (χ2v) is 7.71. The van der Waals surface area contributed by atoms with Gasteiger partial charge in [-0.05, 0) is 38.9 Å². The maximum atomic E-state index is 5.65. The molecule has 2 aliphatic rings. The molecule has 5 heteroatoms. The number of rotatable bonds is 5. The molecular weight excluding hydrogens is 312 g/mol. The lowest BCUT2D eigenvalue weighted by atomic mass is 9.87. The molecule has 2 heterocycles. The van der Waals surface area contributed by atoms with Gasteiger partial charge in [0, 0.05) is 44.7 Å². The van der Waals surface area contributed by atoms with Crippen molar-refractivity contribution >= 4 is 5.96 Å². The summed E-state index contributed by atoms with van der Waals surface area (Å²) in [5.41, 5.74) is 1.74. The average molecular weight is 345 g/mol. The summed E-state index contributed by atoms with van der Waals surface area (Å²) in [6.07, 6.45) is 3.44. The highest BCUT2D eigenvalue weighted by molar-refractivity contribution is 5.80. The fourth-order valence-electron chi connectivity index (χ4n) is 3.95. The number of nitrogens with one attached hydrogen (secondary N) is 1.